The summed E-state index contributed by atoms with van der Waals surface area (Å²) >= 11 is 0. The number of imidazole rings is 1. The standard InChI is InChI=1S/C12H18N2O2/c1-4-11-9(7-16-12(11)15)5-10-6-13-8(2)14(10)3/h6,9,11H,4-5,7H2,1-3H3/t9-,11-/m0/s1/i1D3,5D2,6D,7D2,9D,11D. The largest absolute Gasteiger partial charge is 0.465 e. The van der Waals surface area contributed by atoms with Crippen molar-refractivity contribution in [3.63, 3.8) is 0 Å². The summed E-state index contributed by atoms with van der Waals surface area (Å²) in [5.41, 5.74) is -0.547. The molecule has 1 aliphatic rings. The SMILES string of the molecule is [2H]c1nc(C)n(C)c1C([2H])([2H])[C@@]1([2H])C([2H])([2H])OC(=O)[C@@]1([2H])CC([2H])([2H])[2H]. The number of ether oxygens (including phenoxy) is 1. The fourth-order valence-electron chi connectivity index (χ4n) is 1.26. The predicted molar refractivity (Wildman–Crippen MR) is 59.9 cm³/mol. The summed E-state index contributed by atoms with van der Waals surface area (Å²) in [6.45, 7) is -4.78. The minimum atomic E-state index is -3.31. The fourth-order valence-corrected chi connectivity index (χ4v) is 1.26. The first kappa shape index (κ1) is 4.17. The summed E-state index contributed by atoms with van der Waals surface area (Å²) in [6.07, 6.45) is -5.04. The number of rotatable bonds is 3. The lowest BCUT2D eigenvalue weighted by atomic mass is 9.89. The molecule has 4 nitrogen and oxygen atoms in total. The van der Waals surface area contributed by atoms with Crippen molar-refractivity contribution in [3.8, 4) is 0 Å². The lowest BCUT2D eigenvalue weighted by Gasteiger charge is -2.13. The van der Waals surface area contributed by atoms with Crippen LogP contribution in [0.1, 0.15) is 38.5 Å². The van der Waals surface area contributed by atoms with E-state index < -0.39 is 55.8 Å². The van der Waals surface area contributed by atoms with E-state index in [-0.39, 0.29) is 5.82 Å². The molecular weight excluding hydrogens is 204 g/mol. The summed E-state index contributed by atoms with van der Waals surface area (Å²) in [5, 5.41) is 0. The third kappa shape index (κ3) is 1.84. The van der Waals surface area contributed by atoms with Gasteiger partial charge in [0.15, 0.2) is 0 Å². The van der Waals surface area contributed by atoms with Crippen LogP contribution in [0.5, 0.6) is 0 Å². The average molecular weight is 232 g/mol. The summed E-state index contributed by atoms with van der Waals surface area (Å²) in [7, 11) is 1.33. The normalized spacial score (nSPS) is 48.0. The Morgan fingerprint density at radius 3 is 3.44 bits per heavy atom. The highest BCUT2D eigenvalue weighted by Gasteiger charge is 2.35. The molecule has 1 aliphatic heterocycles. The molecule has 2 atom stereocenters. The van der Waals surface area contributed by atoms with Crippen LogP contribution in [-0.2, 0) is 23.0 Å². The summed E-state index contributed by atoms with van der Waals surface area (Å²) in [4.78, 5) is 16.0. The molecule has 1 aromatic heterocycles. The van der Waals surface area contributed by atoms with Gasteiger partial charge in [0.2, 0.25) is 0 Å². The molecule has 0 spiro atoms. The maximum absolute atomic E-state index is 12.2. The minimum Gasteiger partial charge on any atom is -0.465 e. The van der Waals surface area contributed by atoms with E-state index in [1.165, 1.54) is 14.0 Å². The molecule has 1 aromatic rings. The Kier molecular flexibility index (Phi) is 1.11. The van der Waals surface area contributed by atoms with E-state index in [9.17, 15) is 4.79 Å². The Morgan fingerprint density at radius 2 is 2.81 bits per heavy atom. The third-order valence-electron chi connectivity index (χ3n) is 2.36. The zero-order valence-electron chi connectivity index (χ0n) is 18.9. The molecule has 0 unspecified atom stereocenters. The van der Waals surface area contributed by atoms with Gasteiger partial charge < -0.3 is 9.30 Å². The highest BCUT2D eigenvalue weighted by atomic mass is 16.5. The highest BCUT2D eigenvalue weighted by Crippen LogP contribution is 2.28. The maximum Gasteiger partial charge on any atom is 0.309 e. The monoisotopic (exact) mass is 232 g/mol. The molecule has 0 N–H and O–H groups in total. The average Bonchev–Trinajstić information content (AvgIpc) is 2.74. The Bertz CT molecular complexity index is 758. The molecule has 1 fully saturated rings. The second kappa shape index (κ2) is 4.28. The lowest BCUT2D eigenvalue weighted by molar-refractivity contribution is -0.141. The molecule has 1 saturated heterocycles. The van der Waals surface area contributed by atoms with Gasteiger partial charge in [-0.05, 0) is 19.7 Å². The zero-order valence-corrected chi connectivity index (χ0v) is 8.92. The van der Waals surface area contributed by atoms with Crippen LogP contribution < -0.4 is 0 Å². The van der Waals surface area contributed by atoms with Crippen LogP contribution in [-0.4, -0.2) is 22.1 Å². The van der Waals surface area contributed by atoms with Crippen LogP contribution in [0, 0.1) is 18.7 Å². The fraction of sp³-hybridized carbons (Fsp3) is 0.667. The number of nitrogens with zero attached hydrogens (tertiary/aromatic N) is 2. The summed E-state index contributed by atoms with van der Waals surface area (Å²) in [6, 6.07) is 0. The maximum atomic E-state index is 12.2. The van der Waals surface area contributed by atoms with Crippen LogP contribution in [0.2, 0.25) is 0 Å². The highest BCUT2D eigenvalue weighted by molar-refractivity contribution is 5.74. The van der Waals surface area contributed by atoms with Crippen molar-refractivity contribution in [1.82, 2.24) is 9.55 Å². The van der Waals surface area contributed by atoms with E-state index in [0.717, 1.165) is 4.57 Å². The molecule has 16 heavy (non-hydrogen) atoms. The molecular formula is C12H18N2O2. The molecule has 0 saturated carbocycles. The van der Waals surface area contributed by atoms with Gasteiger partial charge in [0, 0.05) is 34.4 Å². The molecule has 0 aliphatic carbocycles. The minimum absolute atomic E-state index is 0.190. The van der Waals surface area contributed by atoms with Crippen molar-refractivity contribution in [2.75, 3.05) is 6.56 Å². The van der Waals surface area contributed by atoms with Gasteiger partial charge in [-0.25, -0.2) is 4.98 Å². The summed E-state index contributed by atoms with van der Waals surface area (Å²) in [5.74, 6) is -7.83. The van der Waals surface area contributed by atoms with Crippen LogP contribution >= 0.6 is 0 Å². The number of cyclic esters (lactones) is 1. The molecule has 0 radical (unpaired) electrons. The number of carbonyl (C=O) groups is 1. The van der Waals surface area contributed by atoms with E-state index in [2.05, 4.69) is 9.72 Å². The topological polar surface area (TPSA) is 44.1 Å². The van der Waals surface area contributed by atoms with E-state index in [1.54, 1.807) is 0 Å². The predicted octanol–water partition coefficient (Wildman–Crippen LogP) is 1.47. The Balaban J connectivity index is 2.81. The summed E-state index contributed by atoms with van der Waals surface area (Å²) < 4.78 is 84.8. The molecule has 4 heteroatoms. The van der Waals surface area contributed by atoms with Crippen molar-refractivity contribution in [3.05, 3.63) is 17.7 Å². The molecule has 2 heterocycles. The number of esters is 1. The molecule has 2 rings (SSSR count). The van der Waals surface area contributed by atoms with E-state index in [0.29, 0.717) is 0 Å². The van der Waals surface area contributed by atoms with E-state index in [4.69, 9.17) is 13.7 Å². The number of aromatic nitrogens is 2. The Hall–Kier alpha value is -1.32. The van der Waals surface area contributed by atoms with Crippen molar-refractivity contribution >= 4 is 5.97 Å². The van der Waals surface area contributed by atoms with Crippen molar-refractivity contribution in [1.29, 1.82) is 0 Å². The first-order chi connectivity index (χ1) is 11.4. The van der Waals surface area contributed by atoms with Gasteiger partial charge in [0.25, 0.3) is 0 Å². The molecule has 0 aromatic carbocycles. The van der Waals surface area contributed by atoms with Gasteiger partial charge in [0.05, 0.1) is 16.6 Å². The van der Waals surface area contributed by atoms with Crippen LogP contribution in [0.15, 0.2) is 6.17 Å². The van der Waals surface area contributed by atoms with Gasteiger partial charge in [-0.3, -0.25) is 4.79 Å². The van der Waals surface area contributed by atoms with Crippen molar-refractivity contribution < 1.29 is 23.2 Å². The number of aryl methyl sites for hydroxylation is 1. The second-order valence-corrected chi connectivity index (χ2v) is 3.33. The van der Waals surface area contributed by atoms with Crippen molar-refractivity contribution in [2.45, 2.75) is 26.6 Å². The molecule has 0 bridgehead atoms. The Labute approximate surface area is 110 Å². The van der Waals surface area contributed by atoms with Crippen LogP contribution in [0.3, 0.4) is 0 Å². The first-order valence-electron chi connectivity index (χ1n) is 9.66. The quantitative estimate of drug-likeness (QED) is 0.741. The Morgan fingerprint density at radius 1 is 2.00 bits per heavy atom. The number of hydrogen-bond acceptors (Lipinski definition) is 3. The second-order valence-electron chi connectivity index (χ2n) is 3.33. The van der Waals surface area contributed by atoms with Gasteiger partial charge in [-0.1, -0.05) is 6.85 Å². The first-order valence-corrected chi connectivity index (χ1v) is 4.66. The van der Waals surface area contributed by atoms with Gasteiger partial charge in [-0.15, -0.1) is 0 Å². The van der Waals surface area contributed by atoms with Gasteiger partial charge in [0.1, 0.15) is 5.82 Å². The zero-order chi connectivity index (χ0) is 20.5. The molecule has 0 amide bonds. The smallest absolute Gasteiger partial charge is 0.309 e. The van der Waals surface area contributed by atoms with Crippen LogP contribution in [0.25, 0.3) is 0 Å². The van der Waals surface area contributed by atoms with E-state index >= 15 is 0 Å². The lowest BCUT2D eigenvalue weighted by Crippen LogP contribution is -2.18. The van der Waals surface area contributed by atoms with Gasteiger partial charge in [-0.2, -0.15) is 0 Å². The van der Waals surface area contributed by atoms with Crippen LogP contribution in [0.4, 0.5) is 0 Å². The number of carbonyl (C=O) groups excluding carboxylic acids is 1. The number of hydrogen-bond donors (Lipinski definition) is 0. The van der Waals surface area contributed by atoms with E-state index in [1.807, 2.05) is 0 Å². The van der Waals surface area contributed by atoms with Gasteiger partial charge >= 0.3 is 5.97 Å². The third-order valence-corrected chi connectivity index (χ3v) is 2.36. The molecule has 88 valence electrons. The van der Waals surface area contributed by atoms with Crippen molar-refractivity contribution in [2.24, 2.45) is 18.8 Å².